The largest absolute Gasteiger partial charge is 0.466 e. The van der Waals surface area contributed by atoms with E-state index in [1.807, 2.05) is 0 Å². The molecule has 0 spiro atoms. The summed E-state index contributed by atoms with van der Waals surface area (Å²) >= 11 is 0. The maximum Gasteiger partial charge on any atom is 0.336 e. The molecule has 0 aliphatic rings. The molecular weight excluding hydrogens is 264 g/mol. The van der Waals surface area contributed by atoms with Gasteiger partial charge in [-0.1, -0.05) is 0 Å². The third kappa shape index (κ3) is 2.37. The number of nitrogens with zero attached hydrogens (tertiary/aromatic N) is 4. The Bertz CT molecular complexity index is 717. The molecule has 0 unspecified atom stereocenters. The van der Waals surface area contributed by atoms with Crippen molar-refractivity contribution in [1.82, 2.24) is 25.0 Å². The number of hydrogen-bond acceptors (Lipinski definition) is 6. The summed E-state index contributed by atoms with van der Waals surface area (Å²) in [5, 5.41) is 12.6. The molecule has 20 heavy (non-hydrogen) atoms. The van der Waals surface area contributed by atoms with E-state index in [0.717, 1.165) is 4.68 Å². The smallest absolute Gasteiger partial charge is 0.336 e. The fraction of sp³-hybridized carbons (Fsp3) is 0.364. The van der Waals surface area contributed by atoms with Crippen LogP contribution >= 0.6 is 0 Å². The average Bonchev–Trinajstić information content (AvgIpc) is 2.84. The molecule has 0 atom stereocenters. The lowest BCUT2D eigenvalue weighted by Crippen LogP contribution is -2.31. The van der Waals surface area contributed by atoms with Crippen LogP contribution in [0.5, 0.6) is 6.01 Å². The summed E-state index contributed by atoms with van der Waals surface area (Å²) in [6, 6.07) is 0.0934. The van der Waals surface area contributed by atoms with Gasteiger partial charge in [0.05, 0.1) is 12.8 Å². The Morgan fingerprint density at radius 3 is 2.70 bits per heavy atom. The van der Waals surface area contributed by atoms with Crippen molar-refractivity contribution in [1.29, 1.82) is 0 Å². The Morgan fingerprint density at radius 1 is 1.40 bits per heavy atom. The highest BCUT2D eigenvalue weighted by Gasteiger charge is 2.19. The van der Waals surface area contributed by atoms with E-state index in [1.165, 1.54) is 14.2 Å². The number of ether oxygens (including phenoxy) is 1. The van der Waals surface area contributed by atoms with Crippen molar-refractivity contribution < 1.29 is 9.53 Å². The summed E-state index contributed by atoms with van der Waals surface area (Å²) < 4.78 is 5.91. The lowest BCUT2D eigenvalue weighted by Gasteiger charge is -2.08. The molecule has 2 heterocycles. The van der Waals surface area contributed by atoms with E-state index >= 15 is 0 Å². The number of H-pyrrole nitrogens is 1. The highest BCUT2D eigenvalue weighted by molar-refractivity contribution is 6.04. The molecule has 2 aromatic rings. The molecule has 106 valence electrons. The minimum atomic E-state index is -0.576. The lowest BCUT2D eigenvalue weighted by molar-refractivity contribution is 0.102. The highest BCUT2D eigenvalue weighted by atomic mass is 16.5. The first-order valence-corrected chi connectivity index (χ1v) is 5.76. The number of aromatic nitrogens is 5. The summed E-state index contributed by atoms with van der Waals surface area (Å²) in [6.07, 6.45) is 0. The van der Waals surface area contributed by atoms with E-state index in [-0.39, 0.29) is 17.5 Å². The van der Waals surface area contributed by atoms with Crippen LogP contribution < -0.4 is 15.6 Å². The predicted octanol–water partition coefficient (Wildman–Crippen LogP) is -0.224. The van der Waals surface area contributed by atoms with Crippen LogP contribution in [0.25, 0.3) is 0 Å². The summed E-state index contributed by atoms with van der Waals surface area (Å²) in [5.41, 5.74) is 0.678. The van der Waals surface area contributed by atoms with E-state index < -0.39 is 11.5 Å². The Hall–Kier alpha value is -2.71. The van der Waals surface area contributed by atoms with Crippen molar-refractivity contribution in [3.63, 3.8) is 0 Å². The van der Waals surface area contributed by atoms with Gasteiger partial charge in [0.1, 0.15) is 5.56 Å². The molecule has 2 N–H and O–H groups in total. The Kier molecular flexibility index (Phi) is 3.51. The molecule has 0 fully saturated rings. The molecule has 0 bridgehead atoms. The van der Waals surface area contributed by atoms with Crippen LogP contribution in [0.15, 0.2) is 4.79 Å². The first-order chi connectivity index (χ1) is 9.43. The normalized spacial score (nSPS) is 10.4. The molecule has 0 saturated heterocycles. The van der Waals surface area contributed by atoms with E-state index in [0.29, 0.717) is 11.3 Å². The zero-order valence-corrected chi connectivity index (χ0v) is 11.5. The zero-order chi connectivity index (χ0) is 14.9. The second-order valence-electron chi connectivity index (χ2n) is 4.14. The standard InChI is InChI=1S/C11H14N6O3/c1-5-6(2)16-17(3)9(19)7(5)8(18)12-10-13-11(20-4)15-14-10/h1-4H3,(H2,12,13,14,15,18). The molecular formula is C11H14N6O3. The summed E-state index contributed by atoms with van der Waals surface area (Å²) in [7, 11) is 2.89. The molecule has 0 aliphatic heterocycles. The van der Waals surface area contributed by atoms with Gasteiger partial charge in [0, 0.05) is 7.05 Å². The number of aromatic amines is 1. The molecule has 2 rings (SSSR count). The van der Waals surface area contributed by atoms with Gasteiger partial charge in [-0.15, -0.1) is 5.10 Å². The number of carbonyl (C=O) groups excluding carboxylic acids is 1. The predicted molar refractivity (Wildman–Crippen MR) is 69.8 cm³/mol. The molecule has 2 aromatic heterocycles. The lowest BCUT2D eigenvalue weighted by atomic mass is 10.1. The van der Waals surface area contributed by atoms with Crippen LogP contribution in [-0.2, 0) is 7.05 Å². The highest BCUT2D eigenvalue weighted by Crippen LogP contribution is 2.09. The SMILES string of the molecule is COc1n[nH]c(NC(=O)c2c(C)c(C)nn(C)c2=O)n1. The van der Waals surface area contributed by atoms with Crippen LogP contribution in [0.3, 0.4) is 0 Å². The Labute approximate surface area is 114 Å². The van der Waals surface area contributed by atoms with Gasteiger partial charge in [0.25, 0.3) is 11.5 Å². The number of carbonyl (C=O) groups is 1. The van der Waals surface area contributed by atoms with Crippen molar-refractivity contribution in [2.24, 2.45) is 7.05 Å². The topological polar surface area (TPSA) is 115 Å². The van der Waals surface area contributed by atoms with Gasteiger partial charge in [-0.05, 0) is 19.4 Å². The van der Waals surface area contributed by atoms with Gasteiger partial charge in [-0.3, -0.25) is 14.9 Å². The molecule has 0 saturated carbocycles. The minimum Gasteiger partial charge on any atom is -0.466 e. The van der Waals surface area contributed by atoms with E-state index in [2.05, 4.69) is 25.6 Å². The maximum absolute atomic E-state index is 12.2. The zero-order valence-electron chi connectivity index (χ0n) is 11.5. The van der Waals surface area contributed by atoms with E-state index in [1.54, 1.807) is 13.8 Å². The number of nitrogens with one attached hydrogen (secondary N) is 2. The monoisotopic (exact) mass is 278 g/mol. The molecule has 0 radical (unpaired) electrons. The Balaban J connectivity index is 2.37. The second kappa shape index (κ2) is 5.11. The summed E-state index contributed by atoms with van der Waals surface area (Å²) in [6.45, 7) is 3.39. The van der Waals surface area contributed by atoms with Crippen LogP contribution in [0.4, 0.5) is 5.95 Å². The van der Waals surface area contributed by atoms with E-state index in [9.17, 15) is 9.59 Å². The summed E-state index contributed by atoms with van der Waals surface area (Å²) in [5.74, 6) is -0.477. The fourth-order valence-corrected chi connectivity index (χ4v) is 1.68. The first kappa shape index (κ1) is 13.7. The van der Waals surface area contributed by atoms with Crippen molar-refractivity contribution in [3.8, 4) is 6.01 Å². The number of amides is 1. The minimum absolute atomic E-state index is 0.0235. The number of methoxy groups -OCH3 is 1. The van der Waals surface area contributed by atoms with Crippen molar-refractivity contribution in [2.45, 2.75) is 13.8 Å². The average molecular weight is 278 g/mol. The van der Waals surface area contributed by atoms with Crippen LogP contribution in [0, 0.1) is 13.8 Å². The quantitative estimate of drug-likeness (QED) is 0.801. The number of aryl methyl sites for hydroxylation is 2. The molecule has 1 amide bonds. The maximum atomic E-state index is 12.2. The van der Waals surface area contributed by atoms with Gasteiger partial charge < -0.3 is 4.74 Å². The van der Waals surface area contributed by atoms with Gasteiger partial charge in [-0.25, -0.2) is 9.78 Å². The Morgan fingerprint density at radius 2 is 2.10 bits per heavy atom. The van der Waals surface area contributed by atoms with Gasteiger partial charge >= 0.3 is 6.01 Å². The molecule has 9 nitrogen and oxygen atoms in total. The van der Waals surface area contributed by atoms with Crippen LogP contribution in [0.2, 0.25) is 0 Å². The third-order valence-electron chi connectivity index (χ3n) is 2.83. The second-order valence-corrected chi connectivity index (χ2v) is 4.14. The van der Waals surface area contributed by atoms with E-state index in [4.69, 9.17) is 4.74 Å². The third-order valence-corrected chi connectivity index (χ3v) is 2.83. The molecule has 9 heteroatoms. The number of rotatable bonds is 3. The van der Waals surface area contributed by atoms with Crippen LogP contribution in [0.1, 0.15) is 21.6 Å². The van der Waals surface area contributed by atoms with Crippen molar-refractivity contribution >= 4 is 11.9 Å². The van der Waals surface area contributed by atoms with Crippen molar-refractivity contribution in [2.75, 3.05) is 12.4 Å². The molecule has 0 aromatic carbocycles. The first-order valence-electron chi connectivity index (χ1n) is 5.76. The fourth-order valence-electron chi connectivity index (χ4n) is 1.68. The van der Waals surface area contributed by atoms with Gasteiger partial charge in [0.2, 0.25) is 5.95 Å². The van der Waals surface area contributed by atoms with Crippen LogP contribution in [-0.4, -0.2) is 38.0 Å². The van der Waals surface area contributed by atoms with Gasteiger partial charge in [0.15, 0.2) is 0 Å². The number of hydrogen-bond donors (Lipinski definition) is 2. The van der Waals surface area contributed by atoms with Crippen molar-refractivity contribution in [3.05, 3.63) is 27.2 Å². The number of anilines is 1. The van der Waals surface area contributed by atoms with Gasteiger partial charge in [-0.2, -0.15) is 10.1 Å². The molecule has 0 aliphatic carbocycles. The summed E-state index contributed by atoms with van der Waals surface area (Å²) in [4.78, 5) is 28.0.